The van der Waals surface area contributed by atoms with Gasteiger partial charge in [-0.1, -0.05) is 5.16 Å². The van der Waals surface area contributed by atoms with Gasteiger partial charge in [-0.3, -0.25) is 14.5 Å². The van der Waals surface area contributed by atoms with Crippen LogP contribution >= 0.6 is 46.2 Å². The van der Waals surface area contributed by atoms with E-state index in [4.69, 9.17) is 17.2 Å². The second-order valence-corrected chi connectivity index (χ2v) is 11.0. The van der Waals surface area contributed by atoms with Gasteiger partial charge in [-0.25, -0.2) is 9.97 Å². The number of aliphatic carboxylic acids is 1. The molecule has 0 bridgehead atoms. The molecule has 2 aliphatic heterocycles. The summed E-state index contributed by atoms with van der Waals surface area (Å²) in [6.45, 7) is 0. The van der Waals surface area contributed by atoms with Crippen LogP contribution in [-0.4, -0.2) is 66.5 Å². The molecule has 0 radical (unpaired) electrons. The molecule has 0 aromatic carbocycles. The molecule has 4 rings (SSSR count). The number of nitrogens with one attached hydrogen (secondary N) is 1. The molecule has 13 nitrogen and oxygen atoms in total. The summed E-state index contributed by atoms with van der Waals surface area (Å²) in [5.41, 5.74) is 17.3. The molecule has 1 saturated heterocycles. The van der Waals surface area contributed by atoms with Crippen LogP contribution < -0.4 is 57.2 Å². The fourth-order valence-electron chi connectivity index (χ4n) is 3.26. The normalized spacial score (nSPS) is 20.5. The van der Waals surface area contributed by atoms with Crippen LogP contribution in [0.2, 0.25) is 0 Å². The van der Waals surface area contributed by atoms with Crippen molar-refractivity contribution in [3.05, 3.63) is 32.8 Å². The molecule has 3 atom stereocenters. The number of thiazole rings is 2. The van der Waals surface area contributed by atoms with Gasteiger partial charge in [0.2, 0.25) is 0 Å². The first kappa shape index (κ1) is 27.7. The van der Waals surface area contributed by atoms with Gasteiger partial charge in [-0.05, 0) is 0 Å². The number of carbonyl (C=O) groups excluding carboxylic acids is 3. The number of aromatic nitrogens is 2. The van der Waals surface area contributed by atoms with E-state index in [0.717, 1.165) is 16.2 Å². The number of carboxylic acid groups (broad SMARTS) is 1. The second-order valence-electron chi connectivity index (χ2n) is 6.97. The van der Waals surface area contributed by atoms with Crippen LogP contribution in [0.5, 0.6) is 0 Å². The van der Waals surface area contributed by atoms with E-state index in [2.05, 4.69) is 20.4 Å². The number of anilines is 2. The first-order valence-electron chi connectivity index (χ1n) is 9.44. The molecular formula is C17H17N8NaO5S4. The van der Waals surface area contributed by atoms with E-state index in [1.807, 2.05) is 0 Å². The summed E-state index contributed by atoms with van der Waals surface area (Å²) in [7, 11) is 0. The molecular weight excluding hydrogens is 547 g/mol. The van der Waals surface area contributed by atoms with Crippen LogP contribution in [0.1, 0.15) is 17.4 Å². The Labute approximate surface area is 236 Å². The fraction of sp³-hybridized carbons (Fsp3) is 0.294. The Morgan fingerprint density at radius 3 is 2.57 bits per heavy atom. The molecule has 8 N–H and O–H groups in total. The van der Waals surface area contributed by atoms with Crippen LogP contribution in [0.15, 0.2) is 26.5 Å². The number of amides is 2. The Kier molecular flexibility index (Phi) is 9.08. The minimum Gasteiger partial charge on any atom is -0.543 e. The predicted octanol–water partition coefficient (Wildman–Crippen LogP) is -4.26. The van der Waals surface area contributed by atoms with Crippen molar-refractivity contribution in [2.24, 2.45) is 10.9 Å². The third-order valence-electron chi connectivity index (χ3n) is 4.85. The molecule has 2 aliphatic rings. The molecule has 2 aromatic rings. The summed E-state index contributed by atoms with van der Waals surface area (Å²) in [6, 6.07) is -1.50. The minimum atomic E-state index is -1.51. The van der Waals surface area contributed by atoms with Gasteiger partial charge in [0, 0.05) is 27.2 Å². The van der Waals surface area contributed by atoms with E-state index < -0.39 is 41.0 Å². The molecule has 0 spiro atoms. The maximum atomic E-state index is 12.8. The maximum absolute atomic E-state index is 12.8. The zero-order valence-electron chi connectivity index (χ0n) is 18.0. The average molecular weight is 565 g/mol. The number of nitrogens with zero attached hydrogens (tertiary/aromatic N) is 4. The molecule has 0 saturated carbocycles. The number of rotatable bonds is 8. The standard InChI is InChI=1S/C17H18N8O5S4.Na/c18-5(6-2-33-16(19)21-6)1-31-8-4-32-14-10(13(27)25(14)11(8)15(28)29)23-12(26)9(24-30)7-3-34-17(20)22-7;/h2-3,5,10,14,30H,1,4,18H2,(H2,19,21)(H2,20,22)(H,23,26)(H,28,29);/q;+1/p-1/b24-9-;/t5?,10-,14-;/m1./s1. The van der Waals surface area contributed by atoms with Gasteiger partial charge in [-0.15, -0.1) is 46.2 Å². The zero-order valence-corrected chi connectivity index (χ0v) is 23.3. The molecule has 18 heteroatoms. The predicted molar refractivity (Wildman–Crippen MR) is 128 cm³/mol. The number of β-lactam (4-membered cyclic amide) rings is 1. The van der Waals surface area contributed by atoms with Crippen LogP contribution in [0, 0.1) is 0 Å². The van der Waals surface area contributed by atoms with Crippen molar-refractivity contribution in [3.63, 3.8) is 0 Å². The number of fused-ring (bicyclic) bond motifs is 1. The fourth-order valence-corrected chi connectivity index (χ4v) is 7.03. The summed E-state index contributed by atoms with van der Waals surface area (Å²) in [5, 5.41) is 29.6. The Morgan fingerprint density at radius 1 is 1.31 bits per heavy atom. The number of carboxylic acids is 1. The van der Waals surface area contributed by atoms with Gasteiger partial charge in [-0.2, -0.15) is 0 Å². The number of hydrogen-bond donors (Lipinski definition) is 5. The SMILES string of the molecule is Nc1nc(/C(=N/O)C(=O)N[C@@H]2C(=O)N3C(C(=O)[O-])=C(SCC(N)c4csc(N)n4)CS[C@H]23)cs1.[Na+]. The second kappa shape index (κ2) is 11.5. The van der Waals surface area contributed by atoms with Crippen LogP contribution in [-0.2, 0) is 14.4 Å². The number of nitrogen functional groups attached to an aromatic ring is 2. The van der Waals surface area contributed by atoms with E-state index in [1.54, 1.807) is 5.38 Å². The molecule has 180 valence electrons. The van der Waals surface area contributed by atoms with Crippen molar-refractivity contribution in [3.8, 4) is 0 Å². The number of thioether (sulfide) groups is 2. The van der Waals surface area contributed by atoms with Gasteiger partial charge < -0.3 is 37.6 Å². The van der Waals surface area contributed by atoms with Crippen LogP contribution in [0.3, 0.4) is 0 Å². The van der Waals surface area contributed by atoms with E-state index in [9.17, 15) is 24.7 Å². The summed E-state index contributed by atoms with van der Waals surface area (Å²) >= 11 is 4.78. The minimum absolute atomic E-state index is 0. The number of hydrogen-bond acceptors (Lipinski definition) is 15. The summed E-state index contributed by atoms with van der Waals surface area (Å²) in [4.78, 5) is 46.8. The maximum Gasteiger partial charge on any atom is 1.00 e. The van der Waals surface area contributed by atoms with Gasteiger partial charge in [0.05, 0.1) is 23.4 Å². The number of nitrogens with two attached hydrogens (primary N) is 3. The summed E-state index contributed by atoms with van der Waals surface area (Å²) < 4.78 is 0. The van der Waals surface area contributed by atoms with E-state index in [0.29, 0.717) is 21.5 Å². The molecule has 2 aromatic heterocycles. The monoisotopic (exact) mass is 564 g/mol. The first-order chi connectivity index (χ1) is 16.2. The molecule has 35 heavy (non-hydrogen) atoms. The van der Waals surface area contributed by atoms with Gasteiger partial charge in [0.1, 0.15) is 17.1 Å². The summed E-state index contributed by atoms with van der Waals surface area (Å²) in [6.07, 6.45) is 0. The molecule has 2 amide bonds. The molecule has 1 unspecified atom stereocenters. The van der Waals surface area contributed by atoms with Gasteiger partial charge in [0.15, 0.2) is 16.0 Å². The quantitative estimate of drug-likeness (QED) is 0.0675. The van der Waals surface area contributed by atoms with E-state index >= 15 is 0 Å². The van der Waals surface area contributed by atoms with Crippen molar-refractivity contribution in [2.45, 2.75) is 17.5 Å². The van der Waals surface area contributed by atoms with Crippen LogP contribution in [0.4, 0.5) is 10.3 Å². The third kappa shape index (κ3) is 5.61. The molecule has 4 heterocycles. The zero-order chi connectivity index (χ0) is 24.6. The van der Waals surface area contributed by atoms with Crippen molar-refractivity contribution in [1.29, 1.82) is 0 Å². The smallest absolute Gasteiger partial charge is 0.543 e. The third-order valence-corrected chi connectivity index (χ3v) is 8.89. The van der Waals surface area contributed by atoms with E-state index in [1.165, 1.54) is 40.2 Å². The Bertz CT molecular complexity index is 1220. The largest absolute Gasteiger partial charge is 1.00 e. The topological polar surface area (TPSA) is 226 Å². The van der Waals surface area contributed by atoms with E-state index in [-0.39, 0.29) is 51.8 Å². The number of carbonyl (C=O) groups is 3. The van der Waals surface area contributed by atoms with Crippen molar-refractivity contribution >= 4 is 80.0 Å². The van der Waals surface area contributed by atoms with Gasteiger partial charge in [0.25, 0.3) is 11.8 Å². The van der Waals surface area contributed by atoms with Crippen molar-refractivity contribution < 1.29 is 54.3 Å². The van der Waals surface area contributed by atoms with Crippen LogP contribution in [0.25, 0.3) is 0 Å². The number of oxime groups is 1. The Hall–Kier alpha value is -1.86. The van der Waals surface area contributed by atoms with Crippen molar-refractivity contribution in [1.82, 2.24) is 20.2 Å². The molecule has 1 fully saturated rings. The Balaban J connectivity index is 0.00000342. The first-order valence-corrected chi connectivity index (χ1v) is 13.2. The molecule has 0 aliphatic carbocycles. The Morgan fingerprint density at radius 2 is 2.00 bits per heavy atom. The van der Waals surface area contributed by atoms with Crippen molar-refractivity contribution in [2.75, 3.05) is 23.0 Å². The van der Waals surface area contributed by atoms with Gasteiger partial charge >= 0.3 is 29.6 Å². The average Bonchev–Trinajstić information content (AvgIpc) is 3.43. The summed E-state index contributed by atoms with van der Waals surface area (Å²) in [5.74, 6) is -2.40.